The first-order valence-electron chi connectivity index (χ1n) is 8.45. The van der Waals surface area contributed by atoms with E-state index in [-0.39, 0.29) is 12.4 Å². The van der Waals surface area contributed by atoms with Gasteiger partial charge in [-0.15, -0.1) is 12.4 Å². The molecule has 0 saturated carbocycles. The third-order valence-electron chi connectivity index (χ3n) is 3.75. The van der Waals surface area contributed by atoms with Gasteiger partial charge in [0.25, 0.3) is 0 Å². The van der Waals surface area contributed by atoms with Crippen LogP contribution in [0.4, 0.5) is 0 Å². The molecule has 1 N–H and O–H groups in total. The van der Waals surface area contributed by atoms with Crippen LogP contribution in [-0.2, 0) is 13.2 Å². The molecule has 0 bridgehead atoms. The molecular formula is C20H27Cl2NO. The molecule has 0 fully saturated rings. The van der Waals surface area contributed by atoms with E-state index in [0.29, 0.717) is 6.61 Å². The summed E-state index contributed by atoms with van der Waals surface area (Å²) in [6, 6.07) is 16.0. The van der Waals surface area contributed by atoms with Crippen molar-refractivity contribution in [1.82, 2.24) is 5.32 Å². The molecule has 0 aliphatic carbocycles. The summed E-state index contributed by atoms with van der Waals surface area (Å²) in [4.78, 5) is 0. The van der Waals surface area contributed by atoms with E-state index in [1.165, 1.54) is 31.2 Å². The number of hydrogen-bond acceptors (Lipinski definition) is 2. The number of unbranched alkanes of at least 4 members (excludes halogenated alkanes) is 3. The largest absolute Gasteiger partial charge is 0.489 e. The smallest absolute Gasteiger partial charge is 0.120 e. The lowest BCUT2D eigenvalue weighted by Gasteiger charge is -2.09. The fourth-order valence-electron chi connectivity index (χ4n) is 2.40. The van der Waals surface area contributed by atoms with Crippen molar-refractivity contribution in [2.24, 2.45) is 0 Å². The van der Waals surface area contributed by atoms with Gasteiger partial charge in [-0.05, 0) is 48.4 Å². The summed E-state index contributed by atoms with van der Waals surface area (Å²) >= 11 is 5.89. The van der Waals surface area contributed by atoms with E-state index < -0.39 is 0 Å². The molecule has 132 valence electrons. The molecule has 0 radical (unpaired) electrons. The van der Waals surface area contributed by atoms with Crippen molar-refractivity contribution >= 4 is 24.0 Å². The second kappa shape index (κ2) is 12.2. The van der Waals surface area contributed by atoms with Crippen molar-refractivity contribution in [3.05, 3.63) is 64.7 Å². The van der Waals surface area contributed by atoms with Crippen LogP contribution in [0.25, 0.3) is 0 Å². The number of benzene rings is 2. The van der Waals surface area contributed by atoms with E-state index in [4.69, 9.17) is 16.3 Å². The molecule has 0 heterocycles. The number of nitrogens with one attached hydrogen (secondary N) is 1. The van der Waals surface area contributed by atoms with Crippen molar-refractivity contribution in [3.63, 3.8) is 0 Å². The van der Waals surface area contributed by atoms with Crippen LogP contribution in [0.2, 0.25) is 5.02 Å². The van der Waals surface area contributed by atoms with Crippen LogP contribution in [-0.4, -0.2) is 6.54 Å². The maximum Gasteiger partial charge on any atom is 0.120 e. The van der Waals surface area contributed by atoms with Gasteiger partial charge in [-0.25, -0.2) is 0 Å². The van der Waals surface area contributed by atoms with Crippen LogP contribution in [0.5, 0.6) is 5.75 Å². The van der Waals surface area contributed by atoms with Gasteiger partial charge in [0.05, 0.1) is 0 Å². The zero-order valence-corrected chi connectivity index (χ0v) is 15.8. The first-order valence-corrected chi connectivity index (χ1v) is 8.82. The van der Waals surface area contributed by atoms with E-state index in [2.05, 4.69) is 24.4 Å². The van der Waals surface area contributed by atoms with Crippen LogP contribution in [0.3, 0.4) is 0 Å². The molecule has 0 amide bonds. The van der Waals surface area contributed by atoms with Crippen LogP contribution >= 0.6 is 24.0 Å². The average molecular weight is 368 g/mol. The van der Waals surface area contributed by atoms with Gasteiger partial charge in [-0.1, -0.05) is 62.1 Å². The fraction of sp³-hybridized carbons (Fsp3) is 0.400. The summed E-state index contributed by atoms with van der Waals surface area (Å²) in [5, 5.41) is 4.25. The summed E-state index contributed by atoms with van der Waals surface area (Å²) in [5.74, 6) is 0.908. The molecule has 0 saturated heterocycles. The van der Waals surface area contributed by atoms with E-state index in [9.17, 15) is 0 Å². The molecule has 2 aromatic carbocycles. The summed E-state index contributed by atoms with van der Waals surface area (Å²) < 4.78 is 5.86. The molecule has 24 heavy (non-hydrogen) atoms. The number of hydrogen-bond donors (Lipinski definition) is 1. The third-order valence-corrected chi connectivity index (χ3v) is 4.01. The topological polar surface area (TPSA) is 21.3 Å². The Morgan fingerprint density at radius 2 is 1.75 bits per heavy atom. The van der Waals surface area contributed by atoms with Crippen molar-refractivity contribution in [3.8, 4) is 5.75 Å². The van der Waals surface area contributed by atoms with E-state index in [1.54, 1.807) is 0 Å². The second-order valence-corrected chi connectivity index (χ2v) is 6.24. The van der Waals surface area contributed by atoms with Crippen LogP contribution in [0.15, 0.2) is 48.5 Å². The minimum atomic E-state index is 0. The first-order chi connectivity index (χ1) is 11.3. The average Bonchev–Trinajstić information content (AvgIpc) is 2.58. The Labute approximate surface area is 157 Å². The molecule has 0 aromatic heterocycles. The highest BCUT2D eigenvalue weighted by Gasteiger charge is 1.99. The predicted octanol–water partition coefficient (Wildman–Crippen LogP) is 6.01. The molecule has 0 aliphatic heterocycles. The van der Waals surface area contributed by atoms with Crippen LogP contribution in [0.1, 0.15) is 43.7 Å². The highest BCUT2D eigenvalue weighted by atomic mass is 35.5. The molecule has 4 heteroatoms. The normalized spacial score (nSPS) is 10.2. The zero-order chi connectivity index (χ0) is 16.3. The number of rotatable bonds is 10. The van der Waals surface area contributed by atoms with E-state index in [0.717, 1.165) is 29.4 Å². The Morgan fingerprint density at radius 3 is 2.50 bits per heavy atom. The molecule has 0 atom stereocenters. The Morgan fingerprint density at radius 1 is 0.958 bits per heavy atom. The number of halogens is 2. The van der Waals surface area contributed by atoms with Gasteiger partial charge in [0, 0.05) is 11.6 Å². The molecule has 2 nitrogen and oxygen atoms in total. The molecule has 2 rings (SSSR count). The molecule has 2 aromatic rings. The monoisotopic (exact) mass is 367 g/mol. The molecule has 0 spiro atoms. The maximum atomic E-state index is 5.89. The molecule has 0 aliphatic rings. The van der Waals surface area contributed by atoms with Crippen molar-refractivity contribution < 1.29 is 4.74 Å². The van der Waals surface area contributed by atoms with Gasteiger partial charge in [-0.3, -0.25) is 0 Å². The highest BCUT2D eigenvalue weighted by molar-refractivity contribution is 6.30. The van der Waals surface area contributed by atoms with Crippen LogP contribution < -0.4 is 10.1 Å². The SMILES string of the molecule is CCCCCCNCc1cccc(OCc2ccc(Cl)cc2)c1.Cl. The second-order valence-electron chi connectivity index (χ2n) is 5.80. The van der Waals surface area contributed by atoms with Gasteiger partial charge in [-0.2, -0.15) is 0 Å². The lowest BCUT2D eigenvalue weighted by Crippen LogP contribution is -2.14. The fourth-order valence-corrected chi connectivity index (χ4v) is 2.53. The first kappa shape index (κ1) is 20.8. The zero-order valence-electron chi connectivity index (χ0n) is 14.3. The Bertz CT molecular complexity index is 572. The van der Waals surface area contributed by atoms with Gasteiger partial charge in [0.2, 0.25) is 0 Å². The minimum Gasteiger partial charge on any atom is -0.489 e. The Kier molecular flexibility index (Phi) is 10.6. The standard InChI is InChI=1S/C20H26ClNO.ClH/c1-2-3-4-5-13-22-15-18-7-6-8-20(14-18)23-16-17-9-11-19(21)12-10-17;/h6-12,14,22H,2-5,13,15-16H2,1H3;1H. The molecular weight excluding hydrogens is 341 g/mol. The van der Waals surface area contributed by atoms with Gasteiger partial charge < -0.3 is 10.1 Å². The summed E-state index contributed by atoms with van der Waals surface area (Å²) in [6.45, 7) is 4.77. The lowest BCUT2D eigenvalue weighted by molar-refractivity contribution is 0.306. The third kappa shape index (κ3) is 8.05. The van der Waals surface area contributed by atoms with E-state index in [1.807, 2.05) is 36.4 Å². The van der Waals surface area contributed by atoms with Gasteiger partial charge in [0.1, 0.15) is 12.4 Å². The Hall–Kier alpha value is -1.22. The highest BCUT2D eigenvalue weighted by Crippen LogP contribution is 2.16. The van der Waals surface area contributed by atoms with Crippen molar-refractivity contribution in [2.45, 2.75) is 45.8 Å². The van der Waals surface area contributed by atoms with Crippen LogP contribution in [0, 0.1) is 0 Å². The summed E-state index contributed by atoms with van der Waals surface area (Å²) in [6.07, 6.45) is 5.18. The predicted molar refractivity (Wildman–Crippen MR) is 105 cm³/mol. The van der Waals surface area contributed by atoms with Crippen molar-refractivity contribution in [1.29, 1.82) is 0 Å². The summed E-state index contributed by atoms with van der Waals surface area (Å²) in [7, 11) is 0. The maximum absolute atomic E-state index is 5.89. The number of ether oxygens (including phenoxy) is 1. The molecule has 0 unspecified atom stereocenters. The summed E-state index contributed by atoms with van der Waals surface area (Å²) in [5.41, 5.74) is 2.38. The quantitative estimate of drug-likeness (QED) is 0.519. The lowest BCUT2D eigenvalue weighted by atomic mass is 10.2. The van der Waals surface area contributed by atoms with Gasteiger partial charge in [0.15, 0.2) is 0 Å². The minimum absolute atomic E-state index is 0. The van der Waals surface area contributed by atoms with Gasteiger partial charge >= 0.3 is 0 Å². The van der Waals surface area contributed by atoms with Crippen molar-refractivity contribution in [2.75, 3.05) is 6.54 Å². The Balaban J connectivity index is 0.00000288. The van der Waals surface area contributed by atoms with E-state index >= 15 is 0 Å².